The van der Waals surface area contributed by atoms with E-state index < -0.39 is 6.04 Å². The van der Waals surface area contributed by atoms with Crippen molar-refractivity contribution >= 4 is 28.5 Å². The lowest BCUT2D eigenvalue weighted by Gasteiger charge is -2.14. The zero-order valence-corrected chi connectivity index (χ0v) is 17.4. The fraction of sp³-hybridized carbons (Fsp3) is 0.375. The summed E-state index contributed by atoms with van der Waals surface area (Å²) in [7, 11) is 0. The van der Waals surface area contributed by atoms with Gasteiger partial charge in [0.2, 0.25) is 11.8 Å². The molecule has 0 spiro atoms. The number of hydrogen-bond acceptors (Lipinski definition) is 3. The van der Waals surface area contributed by atoms with E-state index in [1.807, 2.05) is 48.5 Å². The van der Waals surface area contributed by atoms with E-state index in [2.05, 4.69) is 27.5 Å². The molecule has 0 bridgehead atoms. The molecule has 0 radical (unpaired) electrons. The molecule has 1 aromatic heterocycles. The summed E-state index contributed by atoms with van der Waals surface area (Å²) in [6, 6.07) is 15.2. The van der Waals surface area contributed by atoms with E-state index in [1.165, 1.54) is 5.56 Å². The first-order valence-corrected chi connectivity index (χ1v) is 10.7. The average molecular weight is 405 g/mol. The SMILES string of the molecule is CCCc1ccc(NC(=O)[C@H](C)NC(=O)C[C@H]2C[C@H]2c2nc3ccccc3[nH]2)cc1. The zero-order chi connectivity index (χ0) is 21.1. The van der Waals surface area contributed by atoms with Crippen LogP contribution in [0, 0.1) is 5.92 Å². The first kappa shape index (κ1) is 20.1. The summed E-state index contributed by atoms with van der Waals surface area (Å²) >= 11 is 0. The Morgan fingerprint density at radius 1 is 1.17 bits per heavy atom. The molecule has 3 atom stereocenters. The van der Waals surface area contributed by atoms with Crippen molar-refractivity contribution in [1.82, 2.24) is 15.3 Å². The Kier molecular flexibility index (Phi) is 5.84. The minimum Gasteiger partial charge on any atom is -0.345 e. The van der Waals surface area contributed by atoms with Gasteiger partial charge in [0.15, 0.2) is 0 Å². The Hall–Kier alpha value is -3.15. The predicted molar refractivity (Wildman–Crippen MR) is 118 cm³/mol. The number of aryl methyl sites for hydroxylation is 1. The molecular formula is C24H28N4O2. The van der Waals surface area contributed by atoms with E-state index in [0.29, 0.717) is 6.42 Å². The van der Waals surface area contributed by atoms with Crippen LogP contribution in [0.3, 0.4) is 0 Å². The van der Waals surface area contributed by atoms with Crippen LogP contribution in [0.2, 0.25) is 0 Å². The minimum atomic E-state index is -0.587. The monoisotopic (exact) mass is 404 g/mol. The normalized spacial score (nSPS) is 18.7. The molecule has 1 fully saturated rings. The number of H-pyrrole nitrogens is 1. The number of aromatic nitrogens is 2. The van der Waals surface area contributed by atoms with Gasteiger partial charge in [-0.05, 0) is 55.5 Å². The molecule has 1 aliphatic rings. The number of nitrogens with zero attached hydrogens (tertiary/aromatic N) is 1. The summed E-state index contributed by atoms with van der Waals surface area (Å²) in [5.74, 6) is 1.20. The van der Waals surface area contributed by atoms with Crippen LogP contribution >= 0.6 is 0 Å². The summed E-state index contributed by atoms with van der Waals surface area (Å²) in [5, 5.41) is 5.69. The molecule has 3 N–H and O–H groups in total. The highest BCUT2D eigenvalue weighted by Crippen LogP contribution is 2.48. The number of benzene rings is 2. The van der Waals surface area contributed by atoms with Crippen LogP contribution < -0.4 is 10.6 Å². The van der Waals surface area contributed by atoms with E-state index in [0.717, 1.165) is 41.8 Å². The van der Waals surface area contributed by atoms with E-state index in [9.17, 15) is 9.59 Å². The highest BCUT2D eigenvalue weighted by molar-refractivity contribution is 5.96. The van der Waals surface area contributed by atoms with Crippen LogP contribution in [0.15, 0.2) is 48.5 Å². The number of amides is 2. The van der Waals surface area contributed by atoms with Gasteiger partial charge in [-0.25, -0.2) is 4.98 Å². The van der Waals surface area contributed by atoms with Gasteiger partial charge in [0.25, 0.3) is 0 Å². The molecule has 156 valence electrons. The summed E-state index contributed by atoms with van der Waals surface area (Å²) in [6.45, 7) is 3.85. The molecule has 1 saturated carbocycles. The number of para-hydroxylation sites is 2. The Bertz CT molecular complexity index is 1010. The smallest absolute Gasteiger partial charge is 0.246 e. The number of imidazole rings is 1. The summed E-state index contributed by atoms with van der Waals surface area (Å²) in [6.07, 6.45) is 3.47. The van der Waals surface area contributed by atoms with Gasteiger partial charge in [-0.15, -0.1) is 0 Å². The third-order valence-corrected chi connectivity index (χ3v) is 5.66. The number of anilines is 1. The molecule has 6 nitrogen and oxygen atoms in total. The average Bonchev–Trinajstić information content (AvgIpc) is 3.35. The zero-order valence-electron chi connectivity index (χ0n) is 17.4. The van der Waals surface area contributed by atoms with Gasteiger partial charge in [-0.3, -0.25) is 9.59 Å². The lowest BCUT2D eigenvalue weighted by molar-refractivity contribution is -0.126. The second kappa shape index (κ2) is 8.69. The molecule has 6 heteroatoms. The number of hydrogen-bond donors (Lipinski definition) is 3. The third kappa shape index (κ3) is 4.70. The highest BCUT2D eigenvalue weighted by Gasteiger charge is 2.42. The van der Waals surface area contributed by atoms with E-state index in [1.54, 1.807) is 6.92 Å². The third-order valence-electron chi connectivity index (χ3n) is 5.66. The van der Waals surface area contributed by atoms with Crippen LogP contribution in [-0.2, 0) is 16.0 Å². The highest BCUT2D eigenvalue weighted by atomic mass is 16.2. The van der Waals surface area contributed by atoms with E-state index in [4.69, 9.17) is 0 Å². The van der Waals surface area contributed by atoms with Gasteiger partial charge >= 0.3 is 0 Å². The van der Waals surface area contributed by atoms with Crippen molar-refractivity contribution in [1.29, 1.82) is 0 Å². The van der Waals surface area contributed by atoms with Crippen molar-refractivity contribution in [2.24, 2.45) is 5.92 Å². The molecule has 4 rings (SSSR count). The molecule has 3 aromatic rings. The molecule has 2 amide bonds. The van der Waals surface area contributed by atoms with Gasteiger partial charge < -0.3 is 15.6 Å². The lowest BCUT2D eigenvalue weighted by Crippen LogP contribution is -2.41. The molecule has 1 heterocycles. The van der Waals surface area contributed by atoms with Gasteiger partial charge in [0, 0.05) is 18.0 Å². The van der Waals surface area contributed by atoms with Crippen molar-refractivity contribution < 1.29 is 9.59 Å². The molecular weight excluding hydrogens is 376 g/mol. The van der Waals surface area contributed by atoms with Crippen LogP contribution in [0.1, 0.15) is 50.4 Å². The van der Waals surface area contributed by atoms with Crippen molar-refractivity contribution in [2.45, 2.75) is 51.5 Å². The van der Waals surface area contributed by atoms with Crippen molar-refractivity contribution in [3.63, 3.8) is 0 Å². The van der Waals surface area contributed by atoms with Crippen LogP contribution in [0.5, 0.6) is 0 Å². The number of aromatic amines is 1. The van der Waals surface area contributed by atoms with Crippen LogP contribution in [-0.4, -0.2) is 27.8 Å². The maximum Gasteiger partial charge on any atom is 0.246 e. The van der Waals surface area contributed by atoms with Crippen molar-refractivity contribution in [3.8, 4) is 0 Å². The van der Waals surface area contributed by atoms with Gasteiger partial charge in [-0.1, -0.05) is 37.6 Å². The van der Waals surface area contributed by atoms with Crippen molar-refractivity contribution in [2.75, 3.05) is 5.32 Å². The van der Waals surface area contributed by atoms with Crippen LogP contribution in [0.4, 0.5) is 5.69 Å². The minimum absolute atomic E-state index is 0.0976. The molecule has 1 aliphatic carbocycles. The number of rotatable bonds is 8. The first-order chi connectivity index (χ1) is 14.5. The second-order valence-corrected chi connectivity index (χ2v) is 8.17. The van der Waals surface area contributed by atoms with E-state index in [-0.39, 0.29) is 23.7 Å². The quantitative estimate of drug-likeness (QED) is 0.527. The van der Waals surface area contributed by atoms with Gasteiger partial charge in [0.05, 0.1) is 11.0 Å². The number of carbonyl (C=O) groups is 2. The predicted octanol–water partition coefficient (Wildman–Crippen LogP) is 4.15. The topological polar surface area (TPSA) is 86.9 Å². The van der Waals surface area contributed by atoms with Crippen molar-refractivity contribution in [3.05, 3.63) is 59.9 Å². The van der Waals surface area contributed by atoms with Crippen LogP contribution in [0.25, 0.3) is 11.0 Å². The van der Waals surface area contributed by atoms with E-state index >= 15 is 0 Å². The number of nitrogens with one attached hydrogen (secondary N) is 3. The Morgan fingerprint density at radius 3 is 2.67 bits per heavy atom. The number of fused-ring (bicyclic) bond motifs is 1. The maximum absolute atomic E-state index is 12.4. The fourth-order valence-corrected chi connectivity index (χ4v) is 3.85. The standard InChI is InChI=1S/C24H28N4O2/c1-3-6-16-9-11-18(12-10-16)26-24(30)15(2)25-22(29)14-17-13-19(17)23-27-20-7-4-5-8-21(20)28-23/h4-5,7-12,15,17,19H,3,6,13-14H2,1-2H3,(H,25,29)(H,26,30)(H,27,28)/t15-,17+,19+/m0/s1. The Labute approximate surface area is 176 Å². The molecule has 30 heavy (non-hydrogen) atoms. The maximum atomic E-state index is 12.4. The first-order valence-electron chi connectivity index (χ1n) is 10.7. The fourth-order valence-electron chi connectivity index (χ4n) is 3.85. The number of carbonyl (C=O) groups excluding carboxylic acids is 2. The molecule has 0 saturated heterocycles. The Morgan fingerprint density at radius 2 is 1.93 bits per heavy atom. The Balaban J connectivity index is 1.25. The summed E-state index contributed by atoms with van der Waals surface area (Å²) in [4.78, 5) is 32.8. The molecule has 0 unspecified atom stereocenters. The molecule has 2 aromatic carbocycles. The van der Waals surface area contributed by atoms with Gasteiger partial charge in [0.1, 0.15) is 11.9 Å². The summed E-state index contributed by atoms with van der Waals surface area (Å²) < 4.78 is 0. The van der Waals surface area contributed by atoms with Gasteiger partial charge in [-0.2, -0.15) is 0 Å². The largest absolute Gasteiger partial charge is 0.345 e. The lowest BCUT2D eigenvalue weighted by atomic mass is 10.1. The second-order valence-electron chi connectivity index (χ2n) is 8.17. The molecule has 0 aliphatic heterocycles. The summed E-state index contributed by atoms with van der Waals surface area (Å²) in [5.41, 5.74) is 3.97.